The molecule has 132 valence electrons. The molecule has 2 amide bonds. The first-order valence-corrected chi connectivity index (χ1v) is 8.40. The van der Waals surface area contributed by atoms with E-state index in [4.69, 9.17) is 10.00 Å². The van der Waals surface area contributed by atoms with Gasteiger partial charge in [0.05, 0.1) is 25.3 Å². The minimum absolute atomic E-state index is 0.0318. The summed E-state index contributed by atoms with van der Waals surface area (Å²) < 4.78 is 5.37. The first kappa shape index (κ1) is 17.1. The summed E-state index contributed by atoms with van der Waals surface area (Å²) in [7, 11) is 1.55. The summed E-state index contributed by atoms with van der Waals surface area (Å²) in [5.74, 6) is -0.317. The fourth-order valence-corrected chi connectivity index (χ4v) is 3.60. The van der Waals surface area contributed by atoms with Crippen molar-refractivity contribution in [3.8, 4) is 11.8 Å². The van der Waals surface area contributed by atoms with Gasteiger partial charge in [-0.25, -0.2) is 9.59 Å². The van der Waals surface area contributed by atoms with E-state index in [-0.39, 0.29) is 17.5 Å². The molecule has 0 atom stereocenters. The van der Waals surface area contributed by atoms with Crippen LogP contribution in [0.5, 0.6) is 5.75 Å². The zero-order chi connectivity index (χ0) is 18.0. The summed E-state index contributed by atoms with van der Waals surface area (Å²) in [6.45, 7) is 2.01. The van der Waals surface area contributed by atoms with Crippen molar-refractivity contribution >= 4 is 12.0 Å². The Bertz CT molecular complexity index is 733. The molecule has 0 radical (unpaired) electrons. The molecule has 1 fully saturated rings. The van der Waals surface area contributed by atoms with Crippen LogP contribution in [0.2, 0.25) is 0 Å². The Morgan fingerprint density at radius 2 is 1.92 bits per heavy atom. The highest BCUT2D eigenvalue weighted by atomic mass is 16.5. The third kappa shape index (κ3) is 3.25. The summed E-state index contributed by atoms with van der Waals surface area (Å²) in [6.07, 6.45) is 1.91. The summed E-state index contributed by atoms with van der Waals surface area (Å²) in [5.41, 5.74) is 1.80. The van der Waals surface area contributed by atoms with Crippen LogP contribution in [0, 0.1) is 17.2 Å². The molecule has 0 spiro atoms. The van der Waals surface area contributed by atoms with Crippen molar-refractivity contribution in [2.45, 2.75) is 25.8 Å². The molecule has 0 unspecified atom stereocenters. The summed E-state index contributed by atoms with van der Waals surface area (Å²) in [6, 6.07) is 5.42. The van der Waals surface area contributed by atoms with E-state index in [1.165, 1.54) is 0 Å². The van der Waals surface area contributed by atoms with Crippen molar-refractivity contribution in [2.24, 2.45) is 5.92 Å². The molecule has 7 nitrogen and oxygen atoms in total. The Kier molecular flexibility index (Phi) is 4.79. The van der Waals surface area contributed by atoms with Crippen LogP contribution in [0.4, 0.5) is 4.79 Å². The van der Waals surface area contributed by atoms with Crippen molar-refractivity contribution in [2.75, 3.05) is 26.7 Å². The van der Waals surface area contributed by atoms with Crippen LogP contribution < -0.4 is 4.74 Å². The van der Waals surface area contributed by atoms with Crippen molar-refractivity contribution < 1.29 is 19.4 Å². The second kappa shape index (κ2) is 7.01. The van der Waals surface area contributed by atoms with Gasteiger partial charge in [-0.15, -0.1) is 0 Å². The number of hydrogen-bond donors (Lipinski definition) is 1. The molecule has 2 aliphatic rings. The highest BCUT2D eigenvalue weighted by Crippen LogP contribution is 2.31. The summed E-state index contributed by atoms with van der Waals surface area (Å²) in [5, 5.41) is 18.4. The average molecular weight is 343 g/mol. The highest BCUT2D eigenvalue weighted by Gasteiger charge is 2.31. The number of amides is 2. The van der Waals surface area contributed by atoms with Crippen molar-refractivity contribution in [3.63, 3.8) is 0 Å². The number of aromatic carboxylic acids is 1. The minimum atomic E-state index is -0.961. The topological polar surface area (TPSA) is 93.9 Å². The number of carboxylic acid groups (broad SMARTS) is 1. The van der Waals surface area contributed by atoms with Crippen molar-refractivity contribution in [1.82, 2.24) is 9.80 Å². The molecule has 2 heterocycles. The number of ether oxygens (including phenoxy) is 1. The Labute approximate surface area is 146 Å². The smallest absolute Gasteiger partial charge is 0.335 e. The number of likely N-dealkylation sites (tertiary alicyclic amines) is 1. The molecule has 0 aromatic heterocycles. The molecule has 1 aromatic rings. The molecule has 1 N–H and O–H groups in total. The molecule has 25 heavy (non-hydrogen) atoms. The number of nitrogens with zero attached hydrogens (tertiary/aromatic N) is 3. The normalized spacial score (nSPS) is 17.6. The fraction of sp³-hybridized carbons (Fsp3) is 0.500. The first-order chi connectivity index (χ1) is 12.0. The third-order valence-electron chi connectivity index (χ3n) is 5.04. The minimum Gasteiger partial charge on any atom is -0.496 e. The first-order valence-electron chi connectivity index (χ1n) is 8.40. The Morgan fingerprint density at radius 3 is 2.52 bits per heavy atom. The number of methoxy groups -OCH3 is 1. The number of carboxylic acids is 1. The second-order valence-electron chi connectivity index (χ2n) is 6.42. The SMILES string of the molecule is COc1ccc(C(=O)O)c2c1CN(C(=O)N1CCC(C#N)CC1)CC2. The number of carbonyl (C=O) groups is 2. The third-order valence-corrected chi connectivity index (χ3v) is 5.04. The lowest BCUT2D eigenvalue weighted by molar-refractivity contribution is 0.0694. The van der Waals surface area contributed by atoms with E-state index >= 15 is 0 Å². The number of benzene rings is 1. The number of carbonyl (C=O) groups excluding carboxylic acids is 1. The van der Waals surface area contributed by atoms with Gasteiger partial charge in [-0.1, -0.05) is 0 Å². The largest absolute Gasteiger partial charge is 0.496 e. The van der Waals surface area contributed by atoms with Gasteiger partial charge in [-0.05, 0) is 37.0 Å². The van der Waals surface area contributed by atoms with E-state index in [1.807, 2.05) is 0 Å². The van der Waals surface area contributed by atoms with Gasteiger partial charge in [-0.2, -0.15) is 5.26 Å². The maximum Gasteiger partial charge on any atom is 0.335 e. The fourth-order valence-electron chi connectivity index (χ4n) is 3.60. The van der Waals surface area contributed by atoms with E-state index in [9.17, 15) is 14.7 Å². The van der Waals surface area contributed by atoms with Crippen molar-refractivity contribution in [1.29, 1.82) is 5.26 Å². The van der Waals surface area contributed by atoms with Crippen LogP contribution in [0.1, 0.15) is 34.3 Å². The van der Waals surface area contributed by atoms with E-state index < -0.39 is 5.97 Å². The maximum absolute atomic E-state index is 12.8. The van der Waals surface area contributed by atoms with E-state index in [0.717, 1.165) is 11.1 Å². The lowest BCUT2D eigenvalue weighted by Gasteiger charge is -2.37. The van der Waals surface area contributed by atoms with Gasteiger partial charge in [0.1, 0.15) is 5.75 Å². The monoisotopic (exact) mass is 343 g/mol. The molecule has 2 aliphatic heterocycles. The second-order valence-corrected chi connectivity index (χ2v) is 6.42. The number of urea groups is 1. The molecule has 0 bridgehead atoms. The predicted octanol–water partition coefficient (Wildman–Crippen LogP) is 2.11. The summed E-state index contributed by atoms with van der Waals surface area (Å²) >= 11 is 0. The van der Waals surface area contributed by atoms with Gasteiger partial charge < -0.3 is 19.6 Å². The Hall–Kier alpha value is -2.75. The van der Waals surface area contributed by atoms with E-state index in [0.29, 0.717) is 51.2 Å². The van der Waals surface area contributed by atoms with Crippen LogP contribution >= 0.6 is 0 Å². The van der Waals surface area contributed by atoms with Crippen molar-refractivity contribution in [3.05, 3.63) is 28.8 Å². The molecular weight excluding hydrogens is 322 g/mol. The molecule has 3 rings (SSSR count). The Balaban J connectivity index is 1.79. The van der Waals surface area contributed by atoms with Gasteiger partial charge in [0.2, 0.25) is 0 Å². The van der Waals surface area contributed by atoms with Crippen LogP contribution in [0.25, 0.3) is 0 Å². The molecule has 1 saturated heterocycles. The number of hydrogen-bond acceptors (Lipinski definition) is 4. The molecule has 7 heteroatoms. The molecule has 0 aliphatic carbocycles. The molecular formula is C18H21N3O4. The molecule has 1 aromatic carbocycles. The van der Waals surface area contributed by atoms with Gasteiger partial charge >= 0.3 is 12.0 Å². The maximum atomic E-state index is 12.8. The zero-order valence-electron chi connectivity index (χ0n) is 14.2. The van der Waals surface area contributed by atoms with Gasteiger partial charge in [0.15, 0.2) is 0 Å². The standard InChI is InChI=1S/C18H21N3O4/c1-25-16-3-2-14(17(22)23)13-6-9-21(11-15(13)16)18(24)20-7-4-12(10-19)5-8-20/h2-3,12H,4-9,11H2,1H3,(H,22,23). The average Bonchev–Trinajstić information content (AvgIpc) is 2.65. The van der Waals surface area contributed by atoms with Gasteiger partial charge in [0.25, 0.3) is 0 Å². The van der Waals surface area contributed by atoms with Crippen LogP contribution in [-0.4, -0.2) is 53.7 Å². The number of piperidine rings is 1. The lowest BCUT2D eigenvalue weighted by atomic mass is 9.93. The molecule has 0 saturated carbocycles. The zero-order valence-corrected chi connectivity index (χ0v) is 14.2. The summed E-state index contributed by atoms with van der Waals surface area (Å²) in [4.78, 5) is 27.8. The van der Waals surface area contributed by atoms with Gasteiger partial charge in [-0.3, -0.25) is 0 Å². The van der Waals surface area contributed by atoms with Crippen LogP contribution in [0.3, 0.4) is 0 Å². The number of nitriles is 1. The van der Waals surface area contributed by atoms with E-state index in [1.54, 1.807) is 29.0 Å². The van der Waals surface area contributed by atoms with E-state index in [2.05, 4.69) is 6.07 Å². The number of fused-ring (bicyclic) bond motifs is 1. The lowest BCUT2D eigenvalue weighted by Crippen LogP contribution is -2.48. The van der Waals surface area contributed by atoms with Crippen LogP contribution in [-0.2, 0) is 13.0 Å². The number of rotatable bonds is 2. The highest BCUT2D eigenvalue weighted by molar-refractivity contribution is 5.90. The predicted molar refractivity (Wildman–Crippen MR) is 89.4 cm³/mol. The Morgan fingerprint density at radius 1 is 1.20 bits per heavy atom. The quantitative estimate of drug-likeness (QED) is 0.887. The van der Waals surface area contributed by atoms with Crippen LogP contribution in [0.15, 0.2) is 12.1 Å². The van der Waals surface area contributed by atoms with Gasteiger partial charge in [0, 0.05) is 31.1 Å².